The van der Waals surface area contributed by atoms with Crippen molar-refractivity contribution in [1.29, 1.82) is 0 Å². The molecule has 30 heavy (non-hydrogen) atoms. The molecular weight excluding hydrogens is 380 g/mol. The van der Waals surface area contributed by atoms with Crippen LogP contribution in [0.5, 0.6) is 0 Å². The number of anilines is 1. The number of rotatable bonds is 6. The molecule has 0 atom stereocenters. The van der Waals surface area contributed by atoms with Crippen LogP contribution in [0.2, 0.25) is 0 Å². The first-order valence-corrected chi connectivity index (χ1v) is 9.41. The number of amides is 3. The second kappa shape index (κ2) is 8.44. The van der Waals surface area contributed by atoms with Crippen molar-refractivity contribution in [3.05, 3.63) is 77.4 Å². The van der Waals surface area contributed by atoms with Crippen LogP contribution in [0.1, 0.15) is 27.2 Å². The van der Waals surface area contributed by atoms with E-state index in [1.54, 1.807) is 36.9 Å². The van der Waals surface area contributed by atoms with Crippen LogP contribution in [-0.4, -0.2) is 34.7 Å². The van der Waals surface area contributed by atoms with Crippen LogP contribution < -0.4 is 16.4 Å². The van der Waals surface area contributed by atoms with Crippen LogP contribution in [0.15, 0.2) is 60.0 Å². The molecule has 3 amide bonds. The predicted molar refractivity (Wildman–Crippen MR) is 117 cm³/mol. The van der Waals surface area contributed by atoms with E-state index in [0.29, 0.717) is 17.8 Å². The summed E-state index contributed by atoms with van der Waals surface area (Å²) in [4.78, 5) is 34.9. The minimum Gasteiger partial charge on any atom is -0.361 e. The SMILES string of the molecule is NC(=O)Nc1ccc2c(c1)C(=Cc1cc(C(=O)NCCc3ccncc3)c[nH]1)C=N2. The molecule has 8 nitrogen and oxygen atoms in total. The number of carbonyl (C=O) groups excluding carboxylic acids is 2. The van der Waals surface area contributed by atoms with Gasteiger partial charge in [0.15, 0.2) is 0 Å². The van der Waals surface area contributed by atoms with Crippen LogP contribution in [0.4, 0.5) is 16.2 Å². The molecule has 0 aliphatic carbocycles. The molecule has 4 rings (SSSR count). The Hall–Kier alpha value is -4.20. The number of benzene rings is 1. The van der Waals surface area contributed by atoms with Crippen molar-refractivity contribution in [1.82, 2.24) is 15.3 Å². The number of carbonyl (C=O) groups is 2. The van der Waals surface area contributed by atoms with Gasteiger partial charge in [0.05, 0.1) is 11.3 Å². The van der Waals surface area contributed by atoms with E-state index in [-0.39, 0.29) is 5.91 Å². The third-order valence-electron chi connectivity index (χ3n) is 4.64. The first kappa shape index (κ1) is 19.1. The molecule has 0 radical (unpaired) electrons. The van der Waals surface area contributed by atoms with Gasteiger partial charge in [-0.2, -0.15) is 0 Å². The molecule has 0 spiro atoms. The first-order chi connectivity index (χ1) is 14.6. The van der Waals surface area contributed by atoms with Gasteiger partial charge in [0, 0.05) is 53.9 Å². The minimum absolute atomic E-state index is 0.140. The Bertz CT molecular complexity index is 1150. The number of nitrogens with zero attached hydrogens (tertiary/aromatic N) is 2. The third kappa shape index (κ3) is 4.44. The van der Waals surface area contributed by atoms with Crippen LogP contribution in [0, 0.1) is 0 Å². The molecule has 5 N–H and O–H groups in total. The van der Waals surface area contributed by atoms with Crippen molar-refractivity contribution in [3.8, 4) is 0 Å². The Morgan fingerprint density at radius 1 is 1.13 bits per heavy atom. The van der Waals surface area contributed by atoms with Crippen molar-refractivity contribution in [2.75, 3.05) is 11.9 Å². The highest BCUT2D eigenvalue weighted by Crippen LogP contribution is 2.34. The summed E-state index contributed by atoms with van der Waals surface area (Å²) in [6, 6.07) is 10.4. The third-order valence-corrected chi connectivity index (χ3v) is 4.64. The van der Waals surface area contributed by atoms with Gasteiger partial charge >= 0.3 is 6.03 Å². The molecule has 150 valence electrons. The summed E-state index contributed by atoms with van der Waals surface area (Å²) in [7, 11) is 0. The Labute approximate surface area is 172 Å². The molecule has 2 aromatic heterocycles. The summed E-state index contributed by atoms with van der Waals surface area (Å²) < 4.78 is 0. The molecule has 8 heteroatoms. The Kier molecular flexibility index (Phi) is 5.38. The number of hydrogen-bond donors (Lipinski definition) is 4. The molecule has 0 fully saturated rings. The van der Waals surface area contributed by atoms with Gasteiger partial charge in [0.2, 0.25) is 0 Å². The summed E-state index contributed by atoms with van der Waals surface area (Å²) in [6.45, 7) is 0.542. The zero-order chi connectivity index (χ0) is 20.9. The lowest BCUT2D eigenvalue weighted by Crippen LogP contribution is -2.25. The summed E-state index contributed by atoms with van der Waals surface area (Å²) in [5.74, 6) is -0.140. The number of pyridine rings is 1. The number of H-pyrrole nitrogens is 1. The fourth-order valence-electron chi connectivity index (χ4n) is 3.19. The highest BCUT2D eigenvalue weighted by atomic mass is 16.2. The molecule has 3 aromatic rings. The highest BCUT2D eigenvalue weighted by molar-refractivity contribution is 6.21. The maximum Gasteiger partial charge on any atom is 0.316 e. The van der Waals surface area contributed by atoms with Gasteiger partial charge in [-0.15, -0.1) is 0 Å². The number of primary amides is 1. The van der Waals surface area contributed by atoms with E-state index in [9.17, 15) is 9.59 Å². The summed E-state index contributed by atoms with van der Waals surface area (Å²) >= 11 is 0. The maximum absolute atomic E-state index is 12.4. The predicted octanol–water partition coefficient (Wildman–Crippen LogP) is 3.13. The number of aromatic amines is 1. The van der Waals surface area contributed by atoms with E-state index >= 15 is 0 Å². The fourth-order valence-corrected chi connectivity index (χ4v) is 3.19. The lowest BCUT2D eigenvalue weighted by atomic mass is 10.1. The fraction of sp³-hybridized carbons (Fsp3) is 0.0909. The van der Waals surface area contributed by atoms with Gasteiger partial charge in [-0.1, -0.05) is 0 Å². The number of fused-ring (bicyclic) bond motifs is 1. The maximum atomic E-state index is 12.4. The van der Waals surface area contributed by atoms with Crippen LogP contribution in [0.3, 0.4) is 0 Å². The smallest absolute Gasteiger partial charge is 0.316 e. The number of nitrogens with one attached hydrogen (secondary N) is 3. The lowest BCUT2D eigenvalue weighted by Gasteiger charge is -2.05. The van der Waals surface area contributed by atoms with Gasteiger partial charge < -0.3 is 21.4 Å². The number of urea groups is 1. The lowest BCUT2D eigenvalue weighted by molar-refractivity contribution is 0.0954. The zero-order valence-corrected chi connectivity index (χ0v) is 16.1. The summed E-state index contributed by atoms with van der Waals surface area (Å²) in [6.07, 6.45) is 9.53. The molecule has 0 saturated heterocycles. The Morgan fingerprint density at radius 2 is 1.97 bits per heavy atom. The number of allylic oxidation sites excluding steroid dienone is 1. The summed E-state index contributed by atoms with van der Waals surface area (Å²) in [5.41, 5.74) is 10.8. The number of nitrogens with two attached hydrogens (primary N) is 1. The largest absolute Gasteiger partial charge is 0.361 e. The molecule has 0 bridgehead atoms. The van der Waals surface area contributed by atoms with Gasteiger partial charge in [-0.3, -0.25) is 14.8 Å². The average Bonchev–Trinajstić information content (AvgIpc) is 3.36. The van der Waals surface area contributed by atoms with Crippen molar-refractivity contribution in [3.63, 3.8) is 0 Å². The van der Waals surface area contributed by atoms with Crippen LogP contribution in [0.25, 0.3) is 11.6 Å². The molecule has 1 aliphatic rings. The topological polar surface area (TPSA) is 125 Å². The van der Waals surface area contributed by atoms with Crippen molar-refractivity contribution >= 4 is 41.2 Å². The molecule has 3 heterocycles. The molecule has 1 aliphatic heterocycles. The molecular formula is C22H20N6O2. The van der Waals surface area contributed by atoms with Gasteiger partial charge in [0.25, 0.3) is 5.91 Å². The first-order valence-electron chi connectivity index (χ1n) is 9.41. The van der Waals surface area contributed by atoms with Crippen molar-refractivity contribution in [2.45, 2.75) is 6.42 Å². The summed E-state index contributed by atoms with van der Waals surface area (Å²) in [5, 5.41) is 5.48. The molecule has 0 saturated carbocycles. The van der Waals surface area contributed by atoms with E-state index < -0.39 is 6.03 Å². The van der Waals surface area contributed by atoms with Crippen LogP contribution >= 0.6 is 0 Å². The molecule has 1 aromatic carbocycles. The Balaban J connectivity index is 1.42. The van der Waals surface area contributed by atoms with E-state index in [4.69, 9.17) is 5.73 Å². The average molecular weight is 400 g/mol. The number of hydrogen-bond acceptors (Lipinski definition) is 4. The number of aromatic nitrogens is 2. The zero-order valence-electron chi connectivity index (χ0n) is 16.1. The second-order valence-electron chi connectivity index (χ2n) is 6.78. The monoisotopic (exact) mass is 400 g/mol. The second-order valence-corrected chi connectivity index (χ2v) is 6.78. The van der Waals surface area contributed by atoms with E-state index in [0.717, 1.165) is 34.5 Å². The van der Waals surface area contributed by atoms with E-state index in [1.807, 2.05) is 30.3 Å². The van der Waals surface area contributed by atoms with E-state index in [1.165, 1.54) is 0 Å². The van der Waals surface area contributed by atoms with Gasteiger partial charge in [-0.25, -0.2) is 4.79 Å². The normalized spacial score (nSPS) is 13.3. The standard InChI is InChI=1S/C22H20N6O2/c23-22(30)28-17-1-2-20-19(11-17)15(12-27-20)9-18-10-16(13-26-18)21(29)25-8-5-14-3-6-24-7-4-14/h1-4,6-7,9-13,26H,5,8H2,(H,25,29)(H3,23,28,30). The van der Waals surface area contributed by atoms with Gasteiger partial charge in [0.1, 0.15) is 0 Å². The van der Waals surface area contributed by atoms with E-state index in [2.05, 4.69) is 25.6 Å². The molecule has 0 unspecified atom stereocenters. The van der Waals surface area contributed by atoms with Crippen molar-refractivity contribution in [2.24, 2.45) is 10.7 Å². The van der Waals surface area contributed by atoms with Crippen LogP contribution in [-0.2, 0) is 6.42 Å². The number of aliphatic imine (C=N–C) groups is 1. The van der Waals surface area contributed by atoms with Crippen molar-refractivity contribution < 1.29 is 9.59 Å². The quantitative estimate of drug-likeness (QED) is 0.508. The highest BCUT2D eigenvalue weighted by Gasteiger charge is 2.14. The van der Waals surface area contributed by atoms with Gasteiger partial charge in [-0.05, 0) is 54.5 Å². The minimum atomic E-state index is -0.622. The Morgan fingerprint density at radius 3 is 2.77 bits per heavy atom.